The first-order valence-electron chi connectivity index (χ1n) is 6.91. The standard InChI is InChI=1S/C15H23NO2/c1-16(11-14-7-6-10-18-14)12-15(13-17)8-4-2-3-5-9-15/h6-7,10,13H,2-5,8-9,11-12H2,1H3. The Morgan fingerprint density at radius 2 is 2.06 bits per heavy atom. The minimum Gasteiger partial charge on any atom is -0.468 e. The zero-order valence-electron chi connectivity index (χ0n) is 11.2. The Bertz CT molecular complexity index is 351. The molecule has 2 rings (SSSR count). The summed E-state index contributed by atoms with van der Waals surface area (Å²) in [6.45, 7) is 1.62. The van der Waals surface area contributed by atoms with Crippen LogP contribution in [0.2, 0.25) is 0 Å². The lowest BCUT2D eigenvalue weighted by Crippen LogP contribution is -2.36. The monoisotopic (exact) mass is 249 g/mol. The van der Waals surface area contributed by atoms with Gasteiger partial charge in [-0.2, -0.15) is 0 Å². The molecule has 0 spiro atoms. The largest absolute Gasteiger partial charge is 0.468 e. The molecule has 1 aromatic rings. The highest BCUT2D eigenvalue weighted by Crippen LogP contribution is 2.34. The van der Waals surface area contributed by atoms with Crippen LogP contribution in [0, 0.1) is 5.41 Å². The van der Waals surface area contributed by atoms with Crippen LogP contribution in [0.1, 0.15) is 44.3 Å². The summed E-state index contributed by atoms with van der Waals surface area (Å²) in [5.41, 5.74) is -0.127. The molecule has 3 nitrogen and oxygen atoms in total. The van der Waals surface area contributed by atoms with Gasteiger partial charge in [-0.05, 0) is 32.0 Å². The zero-order chi connectivity index (χ0) is 12.8. The van der Waals surface area contributed by atoms with Crippen molar-refractivity contribution in [2.45, 2.75) is 45.1 Å². The molecule has 0 bridgehead atoms. The van der Waals surface area contributed by atoms with E-state index in [-0.39, 0.29) is 5.41 Å². The molecule has 1 aliphatic carbocycles. The van der Waals surface area contributed by atoms with Gasteiger partial charge in [-0.1, -0.05) is 25.7 Å². The van der Waals surface area contributed by atoms with Crippen LogP contribution >= 0.6 is 0 Å². The van der Waals surface area contributed by atoms with Crippen LogP contribution in [0.4, 0.5) is 0 Å². The highest BCUT2D eigenvalue weighted by Gasteiger charge is 2.31. The summed E-state index contributed by atoms with van der Waals surface area (Å²) in [6.07, 6.45) is 9.91. The van der Waals surface area contributed by atoms with Crippen molar-refractivity contribution in [1.29, 1.82) is 0 Å². The number of hydrogen-bond donors (Lipinski definition) is 0. The molecule has 0 saturated heterocycles. The van der Waals surface area contributed by atoms with Gasteiger partial charge in [0.15, 0.2) is 0 Å². The third kappa shape index (κ3) is 3.45. The molecule has 0 N–H and O–H groups in total. The van der Waals surface area contributed by atoms with E-state index in [0.29, 0.717) is 0 Å². The lowest BCUT2D eigenvalue weighted by molar-refractivity contribution is -0.118. The van der Waals surface area contributed by atoms with Gasteiger partial charge in [0.1, 0.15) is 12.0 Å². The van der Waals surface area contributed by atoms with Gasteiger partial charge in [-0.3, -0.25) is 4.90 Å². The molecule has 18 heavy (non-hydrogen) atoms. The second-order valence-electron chi connectivity index (χ2n) is 5.65. The Morgan fingerprint density at radius 1 is 1.33 bits per heavy atom. The third-order valence-electron chi connectivity index (χ3n) is 3.94. The van der Waals surface area contributed by atoms with E-state index >= 15 is 0 Å². The molecular weight excluding hydrogens is 226 g/mol. The van der Waals surface area contributed by atoms with Gasteiger partial charge in [0.25, 0.3) is 0 Å². The number of rotatable bonds is 5. The normalized spacial score (nSPS) is 19.7. The summed E-state index contributed by atoms with van der Waals surface area (Å²) in [5.74, 6) is 0.965. The van der Waals surface area contributed by atoms with Crippen LogP contribution in [0.15, 0.2) is 22.8 Å². The van der Waals surface area contributed by atoms with Gasteiger partial charge in [-0.15, -0.1) is 0 Å². The molecule has 1 fully saturated rings. The van der Waals surface area contributed by atoms with Crippen molar-refractivity contribution in [2.24, 2.45) is 5.41 Å². The summed E-state index contributed by atoms with van der Waals surface area (Å²) in [5, 5.41) is 0. The van der Waals surface area contributed by atoms with Crippen molar-refractivity contribution in [1.82, 2.24) is 4.90 Å². The Kier molecular flexibility index (Phi) is 4.59. The van der Waals surface area contributed by atoms with Gasteiger partial charge in [-0.25, -0.2) is 0 Å². The molecule has 3 heteroatoms. The Hall–Kier alpha value is -1.09. The van der Waals surface area contributed by atoms with E-state index in [1.54, 1.807) is 6.26 Å². The summed E-state index contributed by atoms with van der Waals surface area (Å²) in [7, 11) is 2.07. The fourth-order valence-electron chi connectivity index (χ4n) is 3.01. The summed E-state index contributed by atoms with van der Waals surface area (Å²) in [4.78, 5) is 13.7. The maximum Gasteiger partial charge on any atom is 0.127 e. The summed E-state index contributed by atoms with van der Waals surface area (Å²) >= 11 is 0. The van der Waals surface area contributed by atoms with Crippen LogP contribution in [0.5, 0.6) is 0 Å². The molecule has 0 amide bonds. The second kappa shape index (κ2) is 6.19. The van der Waals surface area contributed by atoms with Crippen molar-refractivity contribution >= 4 is 6.29 Å². The predicted octanol–water partition coefficient (Wildman–Crippen LogP) is 3.25. The lowest BCUT2D eigenvalue weighted by atomic mass is 9.81. The van der Waals surface area contributed by atoms with E-state index < -0.39 is 0 Å². The average Bonchev–Trinajstić information content (AvgIpc) is 2.74. The quantitative estimate of drug-likeness (QED) is 0.593. The molecule has 1 aliphatic rings. The molecule has 0 aromatic carbocycles. The molecule has 0 unspecified atom stereocenters. The van der Waals surface area contributed by atoms with E-state index in [2.05, 4.69) is 11.9 Å². The minimum atomic E-state index is -0.127. The maximum atomic E-state index is 11.5. The van der Waals surface area contributed by atoms with E-state index in [9.17, 15) is 4.79 Å². The van der Waals surface area contributed by atoms with E-state index in [4.69, 9.17) is 4.42 Å². The summed E-state index contributed by atoms with van der Waals surface area (Å²) in [6, 6.07) is 3.89. The molecule has 1 heterocycles. The number of carbonyl (C=O) groups excluding carboxylic acids is 1. The second-order valence-corrected chi connectivity index (χ2v) is 5.65. The van der Waals surface area contributed by atoms with Crippen molar-refractivity contribution in [3.63, 3.8) is 0 Å². The van der Waals surface area contributed by atoms with Gasteiger partial charge >= 0.3 is 0 Å². The zero-order valence-corrected chi connectivity index (χ0v) is 11.2. The topological polar surface area (TPSA) is 33.5 Å². The van der Waals surface area contributed by atoms with Crippen LogP contribution in [-0.2, 0) is 11.3 Å². The molecule has 0 radical (unpaired) electrons. The number of carbonyl (C=O) groups is 1. The van der Waals surface area contributed by atoms with E-state index in [1.807, 2.05) is 12.1 Å². The van der Waals surface area contributed by atoms with E-state index in [0.717, 1.165) is 31.7 Å². The Morgan fingerprint density at radius 3 is 2.61 bits per heavy atom. The van der Waals surface area contributed by atoms with Crippen LogP contribution < -0.4 is 0 Å². The van der Waals surface area contributed by atoms with Gasteiger partial charge in [0, 0.05) is 12.0 Å². The van der Waals surface area contributed by atoms with Crippen molar-refractivity contribution in [2.75, 3.05) is 13.6 Å². The Balaban J connectivity index is 1.94. The van der Waals surface area contributed by atoms with Crippen molar-refractivity contribution in [3.05, 3.63) is 24.2 Å². The fourth-order valence-corrected chi connectivity index (χ4v) is 3.01. The van der Waals surface area contributed by atoms with Crippen LogP contribution in [0.25, 0.3) is 0 Å². The molecule has 1 aromatic heterocycles. The number of furan rings is 1. The first-order chi connectivity index (χ1) is 8.74. The molecule has 0 aliphatic heterocycles. The Labute approximate surface area is 109 Å². The highest BCUT2D eigenvalue weighted by atomic mass is 16.3. The first-order valence-corrected chi connectivity index (χ1v) is 6.91. The van der Waals surface area contributed by atoms with Crippen LogP contribution in [-0.4, -0.2) is 24.8 Å². The number of hydrogen-bond acceptors (Lipinski definition) is 3. The number of nitrogens with zero attached hydrogens (tertiary/aromatic N) is 1. The summed E-state index contributed by atoms with van der Waals surface area (Å²) < 4.78 is 5.35. The van der Waals surface area contributed by atoms with Crippen LogP contribution in [0.3, 0.4) is 0 Å². The van der Waals surface area contributed by atoms with Crippen molar-refractivity contribution < 1.29 is 9.21 Å². The SMILES string of the molecule is CN(Cc1ccco1)CC1(C=O)CCCCCC1. The first kappa shape index (κ1) is 13.3. The van der Waals surface area contributed by atoms with E-state index in [1.165, 1.54) is 32.0 Å². The van der Waals surface area contributed by atoms with Gasteiger partial charge in [0.05, 0.1) is 12.8 Å². The molecule has 0 atom stereocenters. The molecule has 1 saturated carbocycles. The molecule has 100 valence electrons. The molecular formula is C15H23NO2. The third-order valence-corrected chi connectivity index (χ3v) is 3.94. The predicted molar refractivity (Wildman–Crippen MR) is 71.2 cm³/mol. The fraction of sp³-hybridized carbons (Fsp3) is 0.667. The van der Waals surface area contributed by atoms with Crippen molar-refractivity contribution in [3.8, 4) is 0 Å². The highest BCUT2D eigenvalue weighted by molar-refractivity contribution is 5.59. The number of aldehydes is 1. The lowest BCUT2D eigenvalue weighted by Gasteiger charge is -2.31. The maximum absolute atomic E-state index is 11.5. The minimum absolute atomic E-state index is 0.127. The van der Waals surface area contributed by atoms with Gasteiger partial charge < -0.3 is 9.21 Å². The average molecular weight is 249 g/mol. The smallest absolute Gasteiger partial charge is 0.127 e. The van der Waals surface area contributed by atoms with Gasteiger partial charge in [0.2, 0.25) is 0 Å².